The number of hydrogen-bond acceptors (Lipinski definition) is 6. The van der Waals surface area contributed by atoms with Crippen LogP contribution in [0.1, 0.15) is 35.2 Å². The molecule has 0 radical (unpaired) electrons. The first kappa shape index (κ1) is 22.4. The summed E-state index contributed by atoms with van der Waals surface area (Å²) in [5.74, 6) is -0.158. The van der Waals surface area contributed by atoms with Gasteiger partial charge in [-0.15, -0.1) is 0 Å². The molecule has 0 aliphatic carbocycles. The van der Waals surface area contributed by atoms with Gasteiger partial charge in [-0.05, 0) is 63.5 Å². The second-order valence-corrected chi connectivity index (χ2v) is 9.26. The van der Waals surface area contributed by atoms with E-state index in [2.05, 4.69) is 21.8 Å². The Morgan fingerprint density at radius 1 is 1.32 bits per heavy atom. The van der Waals surface area contributed by atoms with Gasteiger partial charge in [0.1, 0.15) is 11.1 Å². The lowest BCUT2D eigenvalue weighted by Crippen LogP contribution is -2.26. The van der Waals surface area contributed by atoms with Crippen LogP contribution in [0.3, 0.4) is 0 Å². The van der Waals surface area contributed by atoms with Gasteiger partial charge in [-0.1, -0.05) is 23.7 Å². The van der Waals surface area contributed by atoms with Crippen molar-refractivity contribution in [3.8, 4) is 0 Å². The van der Waals surface area contributed by atoms with Crippen molar-refractivity contribution in [2.24, 2.45) is 5.73 Å². The number of nitrogens with one attached hydrogen (secondary N) is 1. The van der Waals surface area contributed by atoms with E-state index >= 15 is 0 Å². The molecule has 9 heteroatoms. The van der Waals surface area contributed by atoms with Gasteiger partial charge in [0.2, 0.25) is 5.95 Å². The van der Waals surface area contributed by atoms with Crippen molar-refractivity contribution >= 4 is 51.1 Å². The molecule has 3 N–H and O–H groups in total. The average Bonchev–Trinajstić information content (AvgIpc) is 3.34. The topological polar surface area (TPSA) is 106 Å². The standard InChI is InChI=1S/C25H26ClN5O3/c1-14-16-12-19-20(13-21(16)34-24(33)22(14)23(27)32)31(11-9-15-6-5-10-30(15)2)25(29-19)28-18-8-4-3-7-17(18)26/h3-4,7-8,12-13,15H,5-6,9-11H2,1-2H3,(H2,27,32)(H,28,29). The average molecular weight is 480 g/mol. The van der Waals surface area contributed by atoms with Crippen molar-refractivity contribution in [3.05, 3.63) is 63.0 Å². The minimum Gasteiger partial charge on any atom is -0.422 e. The summed E-state index contributed by atoms with van der Waals surface area (Å²) in [7, 11) is 2.16. The largest absolute Gasteiger partial charge is 0.422 e. The van der Waals surface area contributed by atoms with Crippen molar-refractivity contribution < 1.29 is 9.21 Å². The Bertz CT molecular complexity index is 1480. The van der Waals surface area contributed by atoms with Crippen molar-refractivity contribution in [1.29, 1.82) is 0 Å². The van der Waals surface area contributed by atoms with Crippen LogP contribution in [-0.2, 0) is 6.54 Å². The third-order valence-corrected chi connectivity index (χ3v) is 7.09. The van der Waals surface area contributed by atoms with Gasteiger partial charge in [0, 0.05) is 24.0 Å². The molecule has 0 saturated carbocycles. The van der Waals surface area contributed by atoms with Crippen LogP contribution in [0.15, 0.2) is 45.6 Å². The Balaban J connectivity index is 1.65. The number of aromatic nitrogens is 2. The number of carbonyl (C=O) groups is 1. The van der Waals surface area contributed by atoms with Gasteiger partial charge in [-0.3, -0.25) is 4.79 Å². The fourth-order valence-electron chi connectivity index (χ4n) is 4.88. The molecule has 2 aromatic carbocycles. The monoisotopic (exact) mass is 479 g/mol. The number of nitrogens with two attached hydrogens (primary N) is 1. The lowest BCUT2D eigenvalue weighted by Gasteiger charge is -2.20. The van der Waals surface area contributed by atoms with Crippen LogP contribution in [0.4, 0.5) is 11.6 Å². The number of nitrogens with zero attached hydrogens (tertiary/aromatic N) is 3. The number of halogens is 1. The SMILES string of the molecule is Cc1c(C(N)=O)c(=O)oc2cc3c(cc12)nc(Nc1ccccc1Cl)n3CCC1CCCN1C. The number of rotatable bonds is 6. The zero-order chi connectivity index (χ0) is 24.0. The molecule has 8 nitrogen and oxygen atoms in total. The third kappa shape index (κ3) is 3.93. The van der Waals surface area contributed by atoms with E-state index in [0.717, 1.165) is 30.7 Å². The van der Waals surface area contributed by atoms with E-state index in [4.69, 9.17) is 26.7 Å². The highest BCUT2D eigenvalue weighted by Crippen LogP contribution is 2.32. The third-order valence-electron chi connectivity index (χ3n) is 6.76. The first-order chi connectivity index (χ1) is 16.3. The smallest absolute Gasteiger partial charge is 0.349 e. The van der Waals surface area contributed by atoms with Gasteiger partial charge < -0.3 is 24.9 Å². The second kappa shape index (κ2) is 8.77. The van der Waals surface area contributed by atoms with Crippen molar-refractivity contribution in [2.75, 3.05) is 18.9 Å². The number of hydrogen-bond donors (Lipinski definition) is 2. The summed E-state index contributed by atoms with van der Waals surface area (Å²) in [6.07, 6.45) is 3.33. The first-order valence-electron chi connectivity index (χ1n) is 11.3. The highest BCUT2D eigenvalue weighted by atomic mass is 35.5. The van der Waals surface area contributed by atoms with Crippen LogP contribution in [0.2, 0.25) is 5.02 Å². The van der Waals surface area contributed by atoms with E-state index in [0.29, 0.717) is 39.1 Å². The van der Waals surface area contributed by atoms with Crippen molar-refractivity contribution in [1.82, 2.24) is 14.5 Å². The predicted octanol–water partition coefficient (Wildman–Crippen LogP) is 4.43. The molecule has 1 saturated heterocycles. The molecule has 5 rings (SSSR count). The summed E-state index contributed by atoms with van der Waals surface area (Å²) in [5, 5.41) is 4.59. The molecule has 2 aromatic heterocycles. The van der Waals surface area contributed by atoms with Gasteiger partial charge in [-0.2, -0.15) is 0 Å². The lowest BCUT2D eigenvalue weighted by atomic mass is 10.0. The van der Waals surface area contributed by atoms with Crippen LogP contribution < -0.4 is 16.7 Å². The van der Waals surface area contributed by atoms with E-state index in [1.54, 1.807) is 6.92 Å². The number of anilines is 2. The Morgan fingerprint density at radius 2 is 2.12 bits per heavy atom. The molecule has 1 amide bonds. The van der Waals surface area contributed by atoms with Gasteiger partial charge >= 0.3 is 5.63 Å². The number of imidazole rings is 1. The van der Waals surface area contributed by atoms with Crippen LogP contribution in [0, 0.1) is 6.92 Å². The van der Waals surface area contributed by atoms with Gasteiger partial charge in [0.25, 0.3) is 5.91 Å². The van der Waals surface area contributed by atoms with Gasteiger partial charge in [0.05, 0.1) is 21.7 Å². The Kier molecular flexibility index (Phi) is 5.79. The van der Waals surface area contributed by atoms with E-state index in [-0.39, 0.29) is 5.56 Å². The minimum absolute atomic E-state index is 0.134. The Morgan fingerprint density at radius 3 is 2.82 bits per heavy atom. The summed E-state index contributed by atoms with van der Waals surface area (Å²) >= 11 is 6.40. The zero-order valence-electron chi connectivity index (χ0n) is 19.1. The maximum absolute atomic E-state index is 12.4. The normalized spacial score (nSPS) is 16.5. The Labute approximate surface area is 201 Å². The molecule has 1 fully saturated rings. The van der Waals surface area contributed by atoms with E-state index in [9.17, 15) is 9.59 Å². The fraction of sp³-hybridized carbons (Fsp3) is 0.320. The summed E-state index contributed by atoms with van der Waals surface area (Å²) in [5.41, 5.74) is 7.73. The minimum atomic E-state index is -0.805. The molecule has 1 unspecified atom stereocenters. The van der Waals surface area contributed by atoms with Crippen LogP contribution >= 0.6 is 11.6 Å². The molecule has 0 spiro atoms. The number of benzene rings is 2. The molecule has 1 atom stereocenters. The number of fused-ring (bicyclic) bond motifs is 2. The summed E-state index contributed by atoms with van der Waals surface area (Å²) in [6.45, 7) is 3.53. The molecular weight excluding hydrogens is 454 g/mol. The highest BCUT2D eigenvalue weighted by Gasteiger charge is 2.23. The molecular formula is C25H26ClN5O3. The second-order valence-electron chi connectivity index (χ2n) is 8.85. The molecule has 0 bridgehead atoms. The first-order valence-corrected chi connectivity index (χ1v) is 11.7. The summed E-state index contributed by atoms with van der Waals surface area (Å²) in [6, 6.07) is 11.7. The van der Waals surface area contributed by atoms with Gasteiger partial charge in [-0.25, -0.2) is 9.78 Å². The molecule has 4 aromatic rings. The molecule has 3 heterocycles. The maximum atomic E-state index is 12.4. The molecule has 1 aliphatic heterocycles. The molecule has 34 heavy (non-hydrogen) atoms. The van der Waals surface area contributed by atoms with Crippen LogP contribution in [0.25, 0.3) is 22.0 Å². The van der Waals surface area contributed by atoms with Crippen molar-refractivity contribution in [2.45, 2.75) is 38.8 Å². The highest BCUT2D eigenvalue weighted by molar-refractivity contribution is 6.33. The molecule has 1 aliphatic rings. The number of carbonyl (C=O) groups excluding carboxylic acids is 1. The number of primary amides is 1. The van der Waals surface area contributed by atoms with Crippen molar-refractivity contribution in [3.63, 3.8) is 0 Å². The Hall–Kier alpha value is -3.36. The van der Waals surface area contributed by atoms with E-state index in [1.165, 1.54) is 12.8 Å². The zero-order valence-corrected chi connectivity index (χ0v) is 19.9. The number of para-hydroxylation sites is 1. The quantitative estimate of drug-likeness (QED) is 0.396. The lowest BCUT2D eigenvalue weighted by molar-refractivity contribution is 0.0996. The maximum Gasteiger partial charge on any atom is 0.349 e. The van der Waals surface area contributed by atoms with Crippen LogP contribution in [0.5, 0.6) is 0 Å². The number of amides is 1. The van der Waals surface area contributed by atoms with E-state index in [1.807, 2.05) is 36.4 Å². The number of likely N-dealkylation sites (tertiary alicyclic amines) is 1. The van der Waals surface area contributed by atoms with Crippen LogP contribution in [-0.4, -0.2) is 40.0 Å². The number of aryl methyl sites for hydroxylation is 2. The fourth-order valence-corrected chi connectivity index (χ4v) is 5.06. The van der Waals surface area contributed by atoms with Gasteiger partial charge in [0.15, 0.2) is 0 Å². The molecule has 176 valence electrons. The summed E-state index contributed by atoms with van der Waals surface area (Å²) < 4.78 is 7.59. The summed E-state index contributed by atoms with van der Waals surface area (Å²) in [4.78, 5) is 31.4. The van der Waals surface area contributed by atoms with E-state index < -0.39 is 11.5 Å². The predicted molar refractivity (Wildman–Crippen MR) is 134 cm³/mol.